The van der Waals surface area contributed by atoms with Gasteiger partial charge in [0.05, 0.1) is 23.5 Å². The topological polar surface area (TPSA) is 70.3 Å². The smallest absolute Gasteiger partial charge is 0.411 e. The molecule has 2 aromatic carbocycles. The van der Waals surface area contributed by atoms with Crippen molar-refractivity contribution in [2.75, 3.05) is 11.9 Å². The van der Waals surface area contributed by atoms with Crippen molar-refractivity contribution in [2.24, 2.45) is 13.0 Å². The van der Waals surface area contributed by atoms with Gasteiger partial charge in [-0.25, -0.2) is 4.79 Å². The van der Waals surface area contributed by atoms with Crippen LogP contribution in [-0.4, -0.2) is 33.2 Å². The fraction of sp³-hybridized carbons (Fsp3) is 0.400. The summed E-state index contributed by atoms with van der Waals surface area (Å²) in [4.78, 5) is 12.4. The third-order valence-electron chi connectivity index (χ3n) is 7.68. The number of aromatic nitrogens is 3. The molecule has 2 heterocycles. The molecule has 0 radical (unpaired) electrons. The van der Waals surface area contributed by atoms with E-state index < -0.39 is 6.09 Å². The molecule has 1 amide bonds. The summed E-state index contributed by atoms with van der Waals surface area (Å²) in [6.45, 7) is 4.61. The number of nitrogens with zero attached hydrogens (tertiary/aromatic N) is 3. The molecule has 1 unspecified atom stereocenters. The van der Waals surface area contributed by atoms with Gasteiger partial charge in [0.25, 0.3) is 0 Å². The molecule has 0 aliphatic heterocycles. The molecule has 7 heteroatoms. The van der Waals surface area contributed by atoms with Gasteiger partial charge in [-0.2, -0.15) is 5.10 Å². The number of carbonyl (C=O) groups is 1. The molecular formula is C30H34N4O3. The molecule has 7 nitrogen and oxygen atoms in total. The number of hydrogen-bond acceptors (Lipinski definition) is 4. The maximum atomic E-state index is 12.4. The van der Waals surface area contributed by atoms with Gasteiger partial charge in [-0.3, -0.25) is 10.00 Å². The van der Waals surface area contributed by atoms with E-state index in [0.717, 1.165) is 59.6 Å². The Morgan fingerprint density at radius 1 is 1.11 bits per heavy atom. The van der Waals surface area contributed by atoms with Crippen LogP contribution in [0.5, 0.6) is 5.75 Å². The number of amides is 1. The molecule has 2 fully saturated rings. The third kappa shape index (κ3) is 4.59. The highest BCUT2D eigenvalue weighted by Gasteiger charge is 2.31. The van der Waals surface area contributed by atoms with Crippen LogP contribution in [0.4, 0.5) is 10.5 Å². The van der Waals surface area contributed by atoms with Crippen LogP contribution in [0.2, 0.25) is 0 Å². The molecule has 2 aliphatic carbocycles. The summed E-state index contributed by atoms with van der Waals surface area (Å²) < 4.78 is 15.8. The van der Waals surface area contributed by atoms with Crippen LogP contribution >= 0.6 is 0 Å². The summed E-state index contributed by atoms with van der Waals surface area (Å²) in [6, 6.07) is 17.0. The number of nitrogens with one attached hydrogen (secondary N) is 1. The first kappa shape index (κ1) is 23.6. The van der Waals surface area contributed by atoms with Crippen molar-refractivity contribution in [3.05, 3.63) is 54.7 Å². The van der Waals surface area contributed by atoms with E-state index in [-0.39, 0.29) is 6.10 Å². The summed E-state index contributed by atoms with van der Waals surface area (Å²) in [5.74, 6) is 1.39. The predicted molar refractivity (Wildman–Crippen MR) is 146 cm³/mol. The van der Waals surface area contributed by atoms with E-state index >= 15 is 0 Å². The van der Waals surface area contributed by atoms with Crippen molar-refractivity contribution < 1.29 is 14.3 Å². The van der Waals surface area contributed by atoms with Crippen LogP contribution in [0.1, 0.15) is 52.0 Å². The van der Waals surface area contributed by atoms with Gasteiger partial charge in [-0.15, -0.1) is 0 Å². The number of hydrogen-bond donors (Lipinski definition) is 1. The second-order valence-corrected chi connectivity index (χ2v) is 10.3. The Labute approximate surface area is 217 Å². The van der Waals surface area contributed by atoms with Crippen LogP contribution < -0.4 is 10.1 Å². The number of ether oxygens (including phenoxy) is 2. The van der Waals surface area contributed by atoms with E-state index in [1.54, 1.807) is 0 Å². The lowest BCUT2D eigenvalue weighted by Gasteiger charge is -2.30. The van der Waals surface area contributed by atoms with Gasteiger partial charge >= 0.3 is 6.09 Å². The minimum Gasteiger partial charge on any atom is -0.494 e. The summed E-state index contributed by atoms with van der Waals surface area (Å²) >= 11 is 0. The highest BCUT2D eigenvalue weighted by molar-refractivity contribution is 6.04. The molecule has 2 saturated carbocycles. The molecule has 0 saturated heterocycles. The Bertz CT molecular complexity index is 1430. The molecule has 0 spiro atoms. The molecule has 6 rings (SSSR count). The maximum Gasteiger partial charge on any atom is 0.411 e. The van der Waals surface area contributed by atoms with Crippen LogP contribution in [0.3, 0.4) is 0 Å². The molecule has 2 aromatic heterocycles. The lowest BCUT2D eigenvalue weighted by molar-refractivity contribution is 0.108. The van der Waals surface area contributed by atoms with E-state index in [0.29, 0.717) is 18.6 Å². The van der Waals surface area contributed by atoms with Gasteiger partial charge in [0, 0.05) is 42.0 Å². The molecule has 1 N–H and O–H groups in total. The zero-order valence-electron chi connectivity index (χ0n) is 21.7. The van der Waals surface area contributed by atoms with Crippen molar-refractivity contribution >= 4 is 22.7 Å². The lowest BCUT2D eigenvalue weighted by Crippen LogP contribution is -2.21. The summed E-state index contributed by atoms with van der Waals surface area (Å²) in [5.41, 5.74) is 6.22. The molecule has 192 valence electrons. The predicted octanol–water partition coefficient (Wildman–Crippen LogP) is 7.18. The average Bonchev–Trinajstić information content (AvgIpc) is 3.55. The van der Waals surface area contributed by atoms with Gasteiger partial charge in [-0.1, -0.05) is 12.1 Å². The van der Waals surface area contributed by atoms with Gasteiger partial charge in [0.1, 0.15) is 11.9 Å². The molecule has 4 aromatic rings. The van der Waals surface area contributed by atoms with Crippen molar-refractivity contribution in [2.45, 2.75) is 58.1 Å². The number of fused-ring (bicyclic) bond motifs is 1. The number of carbonyl (C=O) groups excluding carboxylic acids is 1. The fourth-order valence-corrected chi connectivity index (χ4v) is 5.35. The second-order valence-electron chi connectivity index (χ2n) is 10.3. The number of aryl methyl sites for hydroxylation is 1. The van der Waals surface area contributed by atoms with Crippen LogP contribution in [0.25, 0.3) is 33.4 Å². The first-order valence-corrected chi connectivity index (χ1v) is 13.4. The van der Waals surface area contributed by atoms with E-state index in [1.165, 1.54) is 17.3 Å². The maximum absolute atomic E-state index is 12.4. The standard InChI is InChI=1S/C30H34N4O3/c1-4-36-24-14-15-25-27(18-24)34(23-6-5-7-23)29(28(25)26-16-17-33(3)32-26)21-10-12-22(13-11-21)31-30(35)37-19(2)20-8-9-20/h10-20,23H,4-9H2,1-3H3,(H,31,35). The van der Waals surface area contributed by atoms with Crippen molar-refractivity contribution in [3.63, 3.8) is 0 Å². The Morgan fingerprint density at radius 3 is 2.51 bits per heavy atom. The van der Waals surface area contributed by atoms with Gasteiger partial charge in [0.2, 0.25) is 0 Å². The highest BCUT2D eigenvalue weighted by atomic mass is 16.6. The van der Waals surface area contributed by atoms with Crippen molar-refractivity contribution in [3.8, 4) is 28.3 Å². The quantitative estimate of drug-likeness (QED) is 0.279. The minimum absolute atomic E-state index is 0.0417. The van der Waals surface area contributed by atoms with E-state index in [4.69, 9.17) is 14.6 Å². The SMILES string of the molecule is CCOc1ccc2c(-c3ccn(C)n3)c(-c3ccc(NC(=O)OC(C)C4CC4)cc3)n(C3CCC3)c2c1. The normalized spacial score (nSPS) is 16.4. The first-order chi connectivity index (χ1) is 18.0. The Kier molecular flexibility index (Phi) is 6.14. The minimum atomic E-state index is -0.395. The summed E-state index contributed by atoms with van der Waals surface area (Å²) in [5, 5.41) is 8.86. The molecule has 2 aliphatic rings. The van der Waals surface area contributed by atoms with Crippen LogP contribution in [0, 0.1) is 5.92 Å². The number of anilines is 1. The molecule has 37 heavy (non-hydrogen) atoms. The van der Waals surface area contributed by atoms with Gasteiger partial charge < -0.3 is 14.0 Å². The lowest BCUT2D eigenvalue weighted by atomic mass is 9.92. The largest absolute Gasteiger partial charge is 0.494 e. The van der Waals surface area contributed by atoms with Gasteiger partial charge in [-0.05, 0) is 87.8 Å². The molecule has 1 atom stereocenters. The van der Waals surface area contributed by atoms with E-state index in [2.05, 4.69) is 46.3 Å². The van der Waals surface area contributed by atoms with Gasteiger partial charge in [0.15, 0.2) is 0 Å². The third-order valence-corrected chi connectivity index (χ3v) is 7.68. The fourth-order valence-electron chi connectivity index (χ4n) is 5.35. The zero-order chi connectivity index (χ0) is 25.5. The van der Waals surface area contributed by atoms with Crippen LogP contribution in [0.15, 0.2) is 54.7 Å². The van der Waals surface area contributed by atoms with E-state index in [9.17, 15) is 4.79 Å². The second kappa shape index (κ2) is 9.61. The monoisotopic (exact) mass is 498 g/mol. The Morgan fingerprint density at radius 2 is 1.89 bits per heavy atom. The average molecular weight is 499 g/mol. The molecular weight excluding hydrogens is 464 g/mol. The van der Waals surface area contributed by atoms with Crippen molar-refractivity contribution in [1.82, 2.24) is 14.3 Å². The zero-order valence-corrected chi connectivity index (χ0v) is 21.7. The number of benzene rings is 2. The summed E-state index contributed by atoms with van der Waals surface area (Å²) in [6.07, 6.45) is 7.38. The Balaban J connectivity index is 1.42. The Hall–Kier alpha value is -3.74. The first-order valence-electron chi connectivity index (χ1n) is 13.4. The van der Waals surface area contributed by atoms with Crippen LogP contribution in [-0.2, 0) is 11.8 Å². The number of rotatable bonds is 8. The van der Waals surface area contributed by atoms with Crippen molar-refractivity contribution in [1.29, 1.82) is 0 Å². The van der Waals surface area contributed by atoms with E-state index in [1.807, 2.05) is 43.9 Å². The highest BCUT2D eigenvalue weighted by Crippen LogP contribution is 2.47. The molecule has 0 bridgehead atoms. The summed E-state index contributed by atoms with van der Waals surface area (Å²) in [7, 11) is 1.95.